The fourth-order valence-corrected chi connectivity index (χ4v) is 2.33. The lowest BCUT2D eigenvalue weighted by atomic mass is 10.1. The molecule has 7 heteroatoms. The van der Waals surface area contributed by atoms with Crippen molar-refractivity contribution in [3.8, 4) is 5.75 Å². The van der Waals surface area contributed by atoms with Crippen LogP contribution in [0.3, 0.4) is 0 Å². The molecule has 25 heavy (non-hydrogen) atoms. The molecule has 0 radical (unpaired) electrons. The molecule has 0 saturated carbocycles. The van der Waals surface area contributed by atoms with Crippen LogP contribution in [0, 0.1) is 20.8 Å². The summed E-state index contributed by atoms with van der Waals surface area (Å²) < 4.78 is 10.9. The molecule has 0 amide bonds. The van der Waals surface area contributed by atoms with Crippen molar-refractivity contribution < 1.29 is 9.15 Å². The summed E-state index contributed by atoms with van der Waals surface area (Å²) in [5.74, 6) is 3.14. The molecular formula is C18H27IN4O2. The van der Waals surface area contributed by atoms with E-state index in [1.807, 2.05) is 39.8 Å². The molecule has 0 saturated heterocycles. The highest BCUT2D eigenvalue weighted by Gasteiger charge is 2.06. The van der Waals surface area contributed by atoms with Gasteiger partial charge in [-0.1, -0.05) is 12.1 Å². The summed E-state index contributed by atoms with van der Waals surface area (Å²) in [6.45, 7) is 9.80. The standard InChI is InChI=1S/C18H26N4O2.HI/c1-6-19-18(21-11-17-22-13(3)14(4)24-17)20-10-15-7-8-16(23-5)12(2)9-15;/h7-9H,6,10-11H2,1-5H3,(H2,19,20,21);1H. The minimum atomic E-state index is 0. The number of halogens is 1. The molecule has 0 aliphatic carbocycles. The zero-order valence-corrected chi connectivity index (χ0v) is 17.8. The molecule has 1 aromatic heterocycles. The number of aryl methyl sites for hydroxylation is 3. The first kappa shape index (κ1) is 21.3. The van der Waals surface area contributed by atoms with Crippen LogP contribution in [0.4, 0.5) is 0 Å². The van der Waals surface area contributed by atoms with Crippen LogP contribution in [0.15, 0.2) is 27.6 Å². The average Bonchev–Trinajstić information content (AvgIpc) is 2.88. The van der Waals surface area contributed by atoms with Crippen molar-refractivity contribution in [1.29, 1.82) is 0 Å². The number of hydrogen-bond acceptors (Lipinski definition) is 4. The highest BCUT2D eigenvalue weighted by molar-refractivity contribution is 14.0. The smallest absolute Gasteiger partial charge is 0.214 e. The van der Waals surface area contributed by atoms with Crippen LogP contribution >= 0.6 is 24.0 Å². The zero-order valence-electron chi connectivity index (χ0n) is 15.5. The lowest BCUT2D eigenvalue weighted by molar-refractivity contribution is 0.411. The van der Waals surface area contributed by atoms with Crippen LogP contribution in [0.1, 0.15) is 35.4 Å². The van der Waals surface area contributed by atoms with E-state index in [9.17, 15) is 0 Å². The number of aliphatic imine (C=N–C) groups is 1. The van der Waals surface area contributed by atoms with E-state index in [2.05, 4.69) is 26.7 Å². The quantitative estimate of drug-likeness (QED) is 0.394. The Kier molecular flexibility index (Phi) is 8.74. The fourth-order valence-electron chi connectivity index (χ4n) is 2.33. The molecule has 138 valence electrons. The Morgan fingerprint density at radius 1 is 1.24 bits per heavy atom. The first-order chi connectivity index (χ1) is 11.5. The highest BCUT2D eigenvalue weighted by Crippen LogP contribution is 2.18. The number of nitrogens with zero attached hydrogens (tertiary/aromatic N) is 2. The monoisotopic (exact) mass is 458 g/mol. The molecule has 0 atom stereocenters. The molecule has 0 aliphatic heterocycles. The molecular weight excluding hydrogens is 431 g/mol. The van der Waals surface area contributed by atoms with Crippen LogP contribution in [-0.4, -0.2) is 24.6 Å². The van der Waals surface area contributed by atoms with Gasteiger partial charge in [-0.3, -0.25) is 0 Å². The van der Waals surface area contributed by atoms with E-state index in [-0.39, 0.29) is 24.0 Å². The summed E-state index contributed by atoms with van der Waals surface area (Å²) in [6, 6.07) is 6.09. The van der Waals surface area contributed by atoms with E-state index < -0.39 is 0 Å². The van der Waals surface area contributed by atoms with E-state index in [0.717, 1.165) is 40.8 Å². The molecule has 2 N–H and O–H groups in total. The van der Waals surface area contributed by atoms with E-state index >= 15 is 0 Å². The van der Waals surface area contributed by atoms with Gasteiger partial charge in [0.2, 0.25) is 5.89 Å². The second-order valence-corrected chi connectivity index (χ2v) is 5.60. The zero-order chi connectivity index (χ0) is 17.5. The molecule has 0 aliphatic rings. The third kappa shape index (κ3) is 6.22. The largest absolute Gasteiger partial charge is 0.496 e. The second kappa shape index (κ2) is 10.3. The van der Waals surface area contributed by atoms with Crippen molar-refractivity contribution in [1.82, 2.24) is 15.6 Å². The molecule has 6 nitrogen and oxygen atoms in total. The van der Waals surface area contributed by atoms with E-state index in [1.165, 1.54) is 0 Å². The number of benzene rings is 1. The molecule has 1 aromatic carbocycles. The number of guanidine groups is 1. The fraction of sp³-hybridized carbons (Fsp3) is 0.444. The predicted octanol–water partition coefficient (Wildman–Crippen LogP) is 3.48. The van der Waals surface area contributed by atoms with Gasteiger partial charge in [-0.15, -0.1) is 24.0 Å². The molecule has 0 bridgehead atoms. The van der Waals surface area contributed by atoms with Crippen molar-refractivity contribution in [3.05, 3.63) is 46.7 Å². The van der Waals surface area contributed by atoms with Crippen LogP contribution in [0.2, 0.25) is 0 Å². The third-order valence-corrected chi connectivity index (χ3v) is 3.70. The Labute approximate surface area is 166 Å². The summed E-state index contributed by atoms with van der Waals surface area (Å²) in [6.07, 6.45) is 0. The van der Waals surface area contributed by atoms with Crippen molar-refractivity contribution in [2.45, 2.75) is 40.8 Å². The van der Waals surface area contributed by atoms with Crippen molar-refractivity contribution in [3.63, 3.8) is 0 Å². The molecule has 2 rings (SSSR count). The summed E-state index contributed by atoms with van der Waals surface area (Å²) in [4.78, 5) is 8.97. The Morgan fingerprint density at radius 3 is 2.56 bits per heavy atom. The maximum Gasteiger partial charge on any atom is 0.214 e. The SMILES string of the molecule is CCNC(=NCc1ccc(OC)c(C)c1)NCc1nc(C)c(C)o1.I. The van der Waals surface area contributed by atoms with E-state index in [0.29, 0.717) is 19.0 Å². The van der Waals surface area contributed by atoms with Gasteiger partial charge < -0.3 is 19.8 Å². The summed E-state index contributed by atoms with van der Waals surface area (Å²) in [7, 11) is 1.68. The number of rotatable bonds is 6. The normalized spacial score (nSPS) is 11.0. The Bertz CT molecular complexity index is 694. The van der Waals surface area contributed by atoms with Crippen molar-refractivity contribution in [2.75, 3.05) is 13.7 Å². The number of methoxy groups -OCH3 is 1. The van der Waals surface area contributed by atoms with Crippen LogP contribution < -0.4 is 15.4 Å². The van der Waals surface area contributed by atoms with Gasteiger partial charge in [0.05, 0.1) is 25.9 Å². The van der Waals surface area contributed by atoms with Gasteiger partial charge in [0.25, 0.3) is 0 Å². The molecule has 0 fully saturated rings. The van der Waals surface area contributed by atoms with Crippen LogP contribution in [-0.2, 0) is 13.1 Å². The molecule has 1 heterocycles. The Morgan fingerprint density at radius 2 is 2.00 bits per heavy atom. The predicted molar refractivity (Wildman–Crippen MR) is 111 cm³/mol. The minimum absolute atomic E-state index is 0. The van der Waals surface area contributed by atoms with Crippen LogP contribution in [0.5, 0.6) is 5.75 Å². The second-order valence-electron chi connectivity index (χ2n) is 5.60. The maximum atomic E-state index is 5.58. The molecule has 0 unspecified atom stereocenters. The third-order valence-electron chi connectivity index (χ3n) is 3.70. The van der Waals surface area contributed by atoms with Crippen molar-refractivity contribution in [2.24, 2.45) is 4.99 Å². The van der Waals surface area contributed by atoms with E-state index in [1.54, 1.807) is 7.11 Å². The van der Waals surface area contributed by atoms with Crippen molar-refractivity contribution >= 4 is 29.9 Å². The van der Waals surface area contributed by atoms with Crippen LogP contribution in [0.25, 0.3) is 0 Å². The number of ether oxygens (including phenoxy) is 1. The van der Waals surface area contributed by atoms with Gasteiger partial charge >= 0.3 is 0 Å². The van der Waals surface area contributed by atoms with Gasteiger partial charge in [0.1, 0.15) is 11.5 Å². The Hall–Kier alpha value is -1.77. The first-order valence-corrected chi connectivity index (χ1v) is 8.12. The van der Waals surface area contributed by atoms with Gasteiger partial charge in [-0.25, -0.2) is 9.98 Å². The number of aromatic nitrogens is 1. The lowest BCUT2D eigenvalue weighted by Crippen LogP contribution is -2.36. The highest BCUT2D eigenvalue weighted by atomic mass is 127. The maximum absolute atomic E-state index is 5.58. The first-order valence-electron chi connectivity index (χ1n) is 8.12. The molecule has 0 spiro atoms. The van der Waals surface area contributed by atoms with Gasteiger partial charge in [-0.05, 0) is 44.9 Å². The van der Waals surface area contributed by atoms with Gasteiger partial charge in [0, 0.05) is 6.54 Å². The molecule has 2 aromatic rings. The summed E-state index contributed by atoms with van der Waals surface area (Å²) in [5, 5.41) is 6.47. The summed E-state index contributed by atoms with van der Waals surface area (Å²) in [5.41, 5.74) is 3.16. The Balaban J connectivity index is 0.00000312. The topological polar surface area (TPSA) is 71.7 Å². The minimum Gasteiger partial charge on any atom is -0.496 e. The van der Waals surface area contributed by atoms with Gasteiger partial charge in [0.15, 0.2) is 5.96 Å². The average molecular weight is 458 g/mol. The lowest BCUT2D eigenvalue weighted by Gasteiger charge is -2.10. The number of nitrogens with one attached hydrogen (secondary N) is 2. The number of hydrogen-bond donors (Lipinski definition) is 2. The van der Waals surface area contributed by atoms with E-state index in [4.69, 9.17) is 9.15 Å². The van der Waals surface area contributed by atoms with Gasteiger partial charge in [-0.2, -0.15) is 0 Å². The summed E-state index contributed by atoms with van der Waals surface area (Å²) >= 11 is 0. The number of oxazole rings is 1.